The van der Waals surface area contributed by atoms with Crippen LogP contribution < -0.4 is 0 Å². The third kappa shape index (κ3) is 3.16. The molecule has 0 aliphatic rings. The molecule has 3 nitrogen and oxygen atoms in total. The molecule has 1 aromatic carbocycles. The maximum atomic E-state index is 12.8. The van der Waals surface area contributed by atoms with Gasteiger partial charge in [-0.25, -0.2) is 9.38 Å². The van der Waals surface area contributed by atoms with Gasteiger partial charge >= 0.3 is 0 Å². The van der Waals surface area contributed by atoms with E-state index in [1.165, 1.54) is 18.2 Å². The molecular formula is C11H13FN2O. The van der Waals surface area contributed by atoms with E-state index in [0.717, 1.165) is 6.54 Å². The normalized spacial score (nSPS) is 10.6. The second kappa shape index (κ2) is 5.24. The number of hydrogen-bond donors (Lipinski definition) is 0. The van der Waals surface area contributed by atoms with Crippen molar-refractivity contribution in [2.75, 3.05) is 13.6 Å². The lowest BCUT2D eigenvalue weighted by Crippen LogP contribution is -2.14. The molecule has 1 aromatic rings. The Bertz CT molecular complexity index is 377. The van der Waals surface area contributed by atoms with Gasteiger partial charge in [0.05, 0.1) is 12.0 Å². The minimum atomic E-state index is -0.431. The van der Waals surface area contributed by atoms with E-state index in [0.29, 0.717) is 12.0 Å². The van der Waals surface area contributed by atoms with E-state index < -0.39 is 5.82 Å². The smallest absolute Gasteiger partial charge is 0.152 e. The van der Waals surface area contributed by atoms with Crippen molar-refractivity contribution in [3.05, 3.63) is 29.6 Å². The Morgan fingerprint density at radius 1 is 1.53 bits per heavy atom. The van der Waals surface area contributed by atoms with E-state index in [1.54, 1.807) is 6.34 Å². The maximum Gasteiger partial charge on any atom is 0.152 e. The predicted octanol–water partition coefficient (Wildman–Crippen LogP) is 2.25. The van der Waals surface area contributed by atoms with Crippen molar-refractivity contribution in [2.24, 2.45) is 4.99 Å². The van der Waals surface area contributed by atoms with E-state index in [2.05, 4.69) is 4.99 Å². The zero-order chi connectivity index (χ0) is 11.3. The summed E-state index contributed by atoms with van der Waals surface area (Å²) in [5.41, 5.74) is 0.738. The van der Waals surface area contributed by atoms with E-state index >= 15 is 0 Å². The Morgan fingerprint density at radius 3 is 2.87 bits per heavy atom. The fourth-order valence-electron chi connectivity index (χ4n) is 0.980. The topological polar surface area (TPSA) is 32.7 Å². The Labute approximate surface area is 88.2 Å². The van der Waals surface area contributed by atoms with Crippen molar-refractivity contribution in [3.63, 3.8) is 0 Å². The van der Waals surface area contributed by atoms with Crippen LogP contribution >= 0.6 is 0 Å². The largest absolute Gasteiger partial charge is 0.366 e. The van der Waals surface area contributed by atoms with Crippen molar-refractivity contribution in [1.82, 2.24) is 4.90 Å². The van der Waals surface area contributed by atoms with Crippen LogP contribution in [0.1, 0.15) is 17.3 Å². The Hall–Kier alpha value is -1.71. The SMILES string of the molecule is CCN(C)C=Nc1ccc(F)cc1C=O. The average Bonchev–Trinajstić information content (AvgIpc) is 2.26. The molecule has 0 saturated carbocycles. The average molecular weight is 208 g/mol. The number of halogens is 1. The van der Waals surface area contributed by atoms with Gasteiger partial charge in [-0.05, 0) is 25.1 Å². The molecule has 15 heavy (non-hydrogen) atoms. The lowest BCUT2D eigenvalue weighted by molar-refractivity contribution is 0.112. The van der Waals surface area contributed by atoms with E-state index in [-0.39, 0.29) is 5.56 Å². The van der Waals surface area contributed by atoms with Crippen LogP contribution in [0.2, 0.25) is 0 Å². The zero-order valence-corrected chi connectivity index (χ0v) is 8.77. The number of aliphatic imine (C=N–C) groups is 1. The first-order valence-corrected chi connectivity index (χ1v) is 4.66. The minimum absolute atomic E-state index is 0.260. The summed E-state index contributed by atoms with van der Waals surface area (Å²) >= 11 is 0. The Morgan fingerprint density at radius 2 is 2.27 bits per heavy atom. The number of aldehydes is 1. The summed E-state index contributed by atoms with van der Waals surface area (Å²) in [6.45, 7) is 2.80. The summed E-state index contributed by atoms with van der Waals surface area (Å²) in [7, 11) is 1.87. The van der Waals surface area contributed by atoms with Crippen molar-refractivity contribution >= 4 is 18.3 Å². The number of nitrogens with zero attached hydrogens (tertiary/aromatic N) is 2. The standard InChI is InChI=1S/C11H13FN2O/c1-3-14(2)8-13-11-5-4-10(12)6-9(11)7-15/h4-8H,3H2,1-2H3. The minimum Gasteiger partial charge on any atom is -0.366 e. The van der Waals surface area contributed by atoms with Gasteiger partial charge in [-0.3, -0.25) is 4.79 Å². The molecule has 4 heteroatoms. The lowest BCUT2D eigenvalue weighted by atomic mass is 10.2. The first-order chi connectivity index (χ1) is 7.17. The van der Waals surface area contributed by atoms with Gasteiger partial charge in [0, 0.05) is 19.2 Å². The van der Waals surface area contributed by atoms with Gasteiger partial charge in [0.15, 0.2) is 6.29 Å². The molecule has 0 atom stereocenters. The van der Waals surface area contributed by atoms with Gasteiger partial charge in [0.1, 0.15) is 5.82 Å². The monoisotopic (exact) mass is 208 g/mol. The number of rotatable bonds is 4. The van der Waals surface area contributed by atoms with E-state index in [9.17, 15) is 9.18 Å². The van der Waals surface area contributed by atoms with Crippen molar-refractivity contribution in [3.8, 4) is 0 Å². The van der Waals surface area contributed by atoms with Crippen LogP contribution in [-0.4, -0.2) is 31.1 Å². The molecular weight excluding hydrogens is 195 g/mol. The highest BCUT2D eigenvalue weighted by Gasteiger charge is 2.01. The second-order valence-corrected chi connectivity index (χ2v) is 3.14. The number of carbonyl (C=O) groups is 1. The molecule has 0 N–H and O–H groups in total. The maximum absolute atomic E-state index is 12.8. The van der Waals surface area contributed by atoms with E-state index in [4.69, 9.17) is 0 Å². The summed E-state index contributed by atoms with van der Waals surface area (Å²) in [4.78, 5) is 16.6. The zero-order valence-electron chi connectivity index (χ0n) is 8.77. The van der Waals surface area contributed by atoms with Crippen LogP contribution in [0.3, 0.4) is 0 Å². The lowest BCUT2D eigenvalue weighted by Gasteiger charge is -2.08. The highest BCUT2D eigenvalue weighted by molar-refractivity contribution is 5.84. The molecule has 1 rings (SSSR count). The molecule has 0 radical (unpaired) electrons. The quantitative estimate of drug-likeness (QED) is 0.432. The first-order valence-electron chi connectivity index (χ1n) is 4.66. The summed E-state index contributed by atoms with van der Waals surface area (Å²) in [5.74, 6) is -0.431. The molecule has 0 heterocycles. The fourth-order valence-corrected chi connectivity index (χ4v) is 0.980. The van der Waals surface area contributed by atoms with Gasteiger partial charge in [-0.2, -0.15) is 0 Å². The van der Waals surface area contributed by atoms with Crippen molar-refractivity contribution in [1.29, 1.82) is 0 Å². The molecule has 0 fully saturated rings. The van der Waals surface area contributed by atoms with Crippen LogP contribution in [-0.2, 0) is 0 Å². The Kier molecular flexibility index (Phi) is 3.97. The predicted molar refractivity (Wildman–Crippen MR) is 58.2 cm³/mol. The van der Waals surface area contributed by atoms with Crippen LogP contribution in [0.5, 0.6) is 0 Å². The van der Waals surface area contributed by atoms with Gasteiger partial charge < -0.3 is 4.90 Å². The van der Waals surface area contributed by atoms with Crippen LogP contribution in [0.4, 0.5) is 10.1 Å². The van der Waals surface area contributed by atoms with Crippen LogP contribution in [0.15, 0.2) is 23.2 Å². The second-order valence-electron chi connectivity index (χ2n) is 3.14. The molecule has 0 amide bonds. The van der Waals surface area contributed by atoms with Crippen LogP contribution in [0, 0.1) is 5.82 Å². The van der Waals surface area contributed by atoms with Crippen molar-refractivity contribution in [2.45, 2.75) is 6.92 Å². The van der Waals surface area contributed by atoms with Gasteiger partial charge in [-0.15, -0.1) is 0 Å². The molecule has 0 unspecified atom stereocenters. The Balaban J connectivity index is 2.94. The summed E-state index contributed by atoms with van der Waals surface area (Å²) in [6.07, 6.45) is 2.21. The number of hydrogen-bond acceptors (Lipinski definition) is 2. The molecule has 0 aliphatic heterocycles. The molecule has 0 bridgehead atoms. The summed E-state index contributed by atoms with van der Waals surface area (Å²) in [5, 5.41) is 0. The molecule has 0 aliphatic carbocycles. The third-order valence-corrected chi connectivity index (χ3v) is 2.01. The molecule has 0 saturated heterocycles. The number of carbonyl (C=O) groups excluding carboxylic acids is 1. The van der Waals surface area contributed by atoms with Gasteiger partial charge in [0.25, 0.3) is 0 Å². The highest BCUT2D eigenvalue weighted by Crippen LogP contribution is 2.17. The number of benzene rings is 1. The molecule has 0 aromatic heterocycles. The fraction of sp³-hybridized carbons (Fsp3) is 0.273. The molecule has 80 valence electrons. The summed E-state index contributed by atoms with van der Waals surface area (Å²) in [6, 6.07) is 3.94. The third-order valence-electron chi connectivity index (χ3n) is 2.01. The highest BCUT2D eigenvalue weighted by atomic mass is 19.1. The summed E-state index contributed by atoms with van der Waals surface area (Å²) < 4.78 is 12.8. The van der Waals surface area contributed by atoms with Crippen LogP contribution in [0.25, 0.3) is 0 Å². The van der Waals surface area contributed by atoms with Gasteiger partial charge in [0.2, 0.25) is 0 Å². The van der Waals surface area contributed by atoms with Gasteiger partial charge in [-0.1, -0.05) is 0 Å². The van der Waals surface area contributed by atoms with Crippen molar-refractivity contribution < 1.29 is 9.18 Å². The van der Waals surface area contributed by atoms with E-state index in [1.807, 2.05) is 18.9 Å². The first kappa shape index (κ1) is 11.4. The molecule has 0 spiro atoms.